The zero-order valence-corrected chi connectivity index (χ0v) is 16.6. The van der Waals surface area contributed by atoms with Gasteiger partial charge in [-0.1, -0.05) is 17.4 Å². The average Bonchev–Trinajstić information content (AvgIpc) is 3.31. The number of hydrogen-bond donors (Lipinski definition) is 2. The summed E-state index contributed by atoms with van der Waals surface area (Å²) < 4.78 is 0. The molecule has 4 heterocycles. The first-order valence-electron chi connectivity index (χ1n) is 8.86. The van der Waals surface area contributed by atoms with Gasteiger partial charge in [-0.05, 0) is 37.6 Å². The molecule has 4 rings (SSSR count). The van der Waals surface area contributed by atoms with Crippen LogP contribution in [0.3, 0.4) is 0 Å². The first-order chi connectivity index (χ1) is 13.2. The van der Waals surface area contributed by atoms with Crippen LogP contribution in [-0.4, -0.2) is 34.3 Å². The Morgan fingerprint density at radius 1 is 1.30 bits per heavy atom. The van der Waals surface area contributed by atoms with E-state index in [-0.39, 0.29) is 5.56 Å². The van der Waals surface area contributed by atoms with Gasteiger partial charge in [0.15, 0.2) is 5.13 Å². The second-order valence-electron chi connectivity index (χ2n) is 6.34. The number of piperidine rings is 1. The van der Waals surface area contributed by atoms with Gasteiger partial charge in [-0.15, -0.1) is 11.3 Å². The predicted molar refractivity (Wildman–Crippen MR) is 112 cm³/mol. The first-order valence-corrected chi connectivity index (χ1v) is 10.6. The molecule has 0 unspecified atom stereocenters. The number of thiophene rings is 1. The molecule has 1 fully saturated rings. The molecule has 3 aromatic rings. The summed E-state index contributed by atoms with van der Waals surface area (Å²) >= 11 is 3.31. The zero-order valence-electron chi connectivity index (χ0n) is 14.9. The molecular formula is C18H20N6OS2. The minimum atomic E-state index is -0.204. The number of H-pyrrole nitrogens is 1. The average molecular weight is 401 g/mol. The van der Waals surface area contributed by atoms with Gasteiger partial charge in [0, 0.05) is 24.8 Å². The van der Waals surface area contributed by atoms with Crippen LogP contribution < -0.4 is 15.9 Å². The Bertz CT molecular complexity index is 986. The molecule has 7 nitrogen and oxygen atoms in total. The van der Waals surface area contributed by atoms with E-state index < -0.39 is 0 Å². The van der Waals surface area contributed by atoms with E-state index in [1.54, 1.807) is 35.8 Å². The van der Waals surface area contributed by atoms with Crippen molar-refractivity contribution in [2.75, 3.05) is 23.4 Å². The van der Waals surface area contributed by atoms with Gasteiger partial charge >= 0.3 is 0 Å². The van der Waals surface area contributed by atoms with Gasteiger partial charge in [0.2, 0.25) is 5.95 Å². The van der Waals surface area contributed by atoms with Gasteiger partial charge in [-0.2, -0.15) is 5.10 Å². The van der Waals surface area contributed by atoms with Crippen LogP contribution in [-0.2, 0) is 0 Å². The number of hydrogen-bond acceptors (Lipinski definition) is 8. The molecule has 0 amide bonds. The molecule has 1 saturated heterocycles. The standard InChI is InChI=1S/C18H20N6OS2/c1-12-10-15(25)21-17(20-12)23-19-11-14-16(13-6-5-9-26-13)22-18(27-14)24-7-3-2-4-8-24/h5-6,9-11H,2-4,7-8H2,1H3,(H2,20,21,23,25)/b19-11-. The zero-order chi connectivity index (χ0) is 18.6. The lowest BCUT2D eigenvalue weighted by atomic mass is 10.1. The molecule has 0 atom stereocenters. The number of aromatic amines is 1. The fraction of sp³-hybridized carbons (Fsp3) is 0.333. The van der Waals surface area contributed by atoms with Gasteiger partial charge < -0.3 is 4.90 Å². The van der Waals surface area contributed by atoms with Crippen LogP contribution in [0.25, 0.3) is 10.6 Å². The van der Waals surface area contributed by atoms with E-state index in [1.807, 2.05) is 6.07 Å². The fourth-order valence-corrected chi connectivity index (χ4v) is 4.80. The molecule has 0 bridgehead atoms. The third-order valence-corrected chi connectivity index (χ3v) is 6.17. The highest BCUT2D eigenvalue weighted by Gasteiger charge is 2.19. The van der Waals surface area contributed by atoms with Crippen molar-refractivity contribution in [3.63, 3.8) is 0 Å². The topological polar surface area (TPSA) is 86.3 Å². The molecule has 9 heteroatoms. The minimum Gasteiger partial charge on any atom is -0.348 e. The molecule has 1 aliphatic rings. The number of thiazole rings is 1. The quantitative estimate of drug-likeness (QED) is 0.504. The van der Waals surface area contributed by atoms with Gasteiger partial charge in [0.1, 0.15) is 5.69 Å². The lowest BCUT2D eigenvalue weighted by molar-refractivity contribution is 0.577. The molecule has 0 saturated carbocycles. The number of hydrazone groups is 1. The summed E-state index contributed by atoms with van der Waals surface area (Å²) in [5.41, 5.74) is 4.19. The van der Waals surface area contributed by atoms with Crippen molar-refractivity contribution in [2.24, 2.45) is 5.10 Å². The minimum absolute atomic E-state index is 0.204. The van der Waals surface area contributed by atoms with Crippen LogP contribution >= 0.6 is 22.7 Å². The van der Waals surface area contributed by atoms with Crippen molar-refractivity contribution in [3.8, 4) is 10.6 Å². The lowest BCUT2D eigenvalue weighted by Crippen LogP contribution is -2.29. The van der Waals surface area contributed by atoms with Gasteiger partial charge in [-0.25, -0.2) is 15.4 Å². The molecule has 140 valence electrons. The highest BCUT2D eigenvalue weighted by Crippen LogP contribution is 2.35. The van der Waals surface area contributed by atoms with Crippen LogP contribution in [0.4, 0.5) is 11.1 Å². The summed E-state index contributed by atoms with van der Waals surface area (Å²) in [5.74, 6) is 0.328. The van der Waals surface area contributed by atoms with E-state index in [4.69, 9.17) is 4.98 Å². The second-order valence-corrected chi connectivity index (χ2v) is 8.30. The summed E-state index contributed by atoms with van der Waals surface area (Å²) in [7, 11) is 0. The molecule has 3 aromatic heterocycles. The lowest BCUT2D eigenvalue weighted by Gasteiger charge is -2.25. The van der Waals surface area contributed by atoms with Crippen LogP contribution in [0, 0.1) is 6.92 Å². The van der Waals surface area contributed by atoms with E-state index in [0.29, 0.717) is 11.6 Å². The number of rotatable bonds is 5. The molecular weight excluding hydrogens is 380 g/mol. The maximum atomic E-state index is 11.5. The summed E-state index contributed by atoms with van der Waals surface area (Å²) in [5, 5.41) is 7.37. The van der Waals surface area contributed by atoms with E-state index >= 15 is 0 Å². The Kier molecular flexibility index (Phi) is 5.30. The van der Waals surface area contributed by atoms with Crippen molar-refractivity contribution in [1.82, 2.24) is 15.0 Å². The van der Waals surface area contributed by atoms with Crippen molar-refractivity contribution < 1.29 is 0 Å². The van der Waals surface area contributed by atoms with Crippen molar-refractivity contribution in [1.29, 1.82) is 0 Å². The van der Waals surface area contributed by atoms with E-state index in [0.717, 1.165) is 33.7 Å². The second kappa shape index (κ2) is 8.01. The van der Waals surface area contributed by atoms with Gasteiger partial charge in [0.05, 0.1) is 16.0 Å². The summed E-state index contributed by atoms with van der Waals surface area (Å²) in [6.07, 6.45) is 5.47. The number of nitrogens with zero attached hydrogens (tertiary/aromatic N) is 4. The van der Waals surface area contributed by atoms with Gasteiger partial charge in [-0.3, -0.25) is 9.78 Å². The Labute approximate surface area is 164 Å². The molecule has 1 aliphatic heterocycles. The third kappa shape index (κ3) is 4.25. The maximum absolute atomic E-state index is 11.5. The monoisotopic (exact) mass is 400 g/mol. The normalized spacial score (nSPS) is 14.8. The highest BCUT2D eigenvalue weighted by atomic mass is 32.1. The smallest absolute Gasteiger partial charge is 0.252 e. The number of aryl methyl sites for hydroxylation is 1. The maximum Gasteiger partial charge on any atom is 0.252 e. The van der Waals surface area contributed by atoms with E-state index in [2.05, 4.69) is 36.8 Å². The Morgan fingerprint density at radius 2 is 2.15 bits per heavy atom. The van der Waals surface area contributed by atoms with E-state index in [9.17, 15) is 4.79 Å². The van der Waals surface area contributed by atoms with Crippen LogP contribution in [0.2, 0.25) is 0 Å². The van der Waals surface area contributed by atoms with Crippen molar-refractivity contribution in [3.05, 3.63) is 44.5 Å². The van der Waals surface area contributed by atoms with Crippen LogP contribution in [0.1, 0.15) is 29.8 Å². The van der Waals surface area contributed by atoms with Crippen molar-refractivity contribution >= 4 is 40.0 Å². The predicted octanol–water partition coefficient (Wildman–Crippen LogP) is 3.70. The number of anilines is 2. The Morgan fingerprint density at radius 3 is 2.89 bits per heavy atom. The number of aromatic nitrogens is 3. The molecule has 0 radical (unpaired) electrons. The molecule has 2 N–H and O–H groups in total. The van der Waals surface area contributed by atoms with Crippen molar-refractivity contribution in [2.45, 2.75) is 26.2 Å². The summed E-state index contributed by atoms with van der Waals surface area (Å²) in [6.45, 7) is 3.88. The Hall–Kier alpha value is -2.52. The van der Waals surface area contributed by atoms with Crippen LogP contribution in [0.5, 0.6) is 0 Å². The molecule has 0 aliphatic carbocycles. The van der Waals surface area contributed by atoms with Gasteiger partial charge in [0.25, 0.3) is 5.56 Å². The molecule has 0 spiro atoms. The summed E-state index contributed by atoms with van der Waals surface area (Å²) in [6, 6.07) is 5.54. The largest absolute Gasteiger partial charge is 0.348 e. The fourth-order valence-electron chi connectivity index (χ4n) is 3.00. The first kappa shape index (κ1) is 17.9. The SMILES string of the molecule is Cc1cc(=O)[nH]c(N/N=C\c2sc(N3CCCCC3)nc2-c2cccs2)n1. The van der Waals surface area contributed by atoms with E-state index in [1.165, 1.54) is 25.3 Å². The third-order valence-electron chi connectivity index (χ3n) is 4.25. The Balaban J connectivity index is 1.60. The highest BCUT2D eigenvalue weighted by molar-refractivity contribution is 7.18. The summed E-state index contributed by atoms with van der Waals surface area (Å²) in [4.78, 5) is 27.7. The molecule has 27 heavy (non-hydrogen) atoms. The molecule has 0 aromatic carbocycles. The number of nitrogens with one attached hydrogen (secondary N) is 2. The van der Waals surface area contributed by atoms with Crippen LogP contribution in [0.15, 0.2) is 33.5 Å².